The van der Waals surface area contributed by atoms with Crippen LogP contribution in [0, 0.1) is 11.3 Å². The molecule has 0 fully saturated rings. The van der Waals surface area contributed by atoms with Crippen LogP contribution >= 0.6 is 0 Å². The van der Waals surface area contributed by atoms with Gasteiger partial charge in [0.25, 0.3) is 0 Å². The van der Waals surface area contributed by atoms with Crippen LogP contribution in [0.25, 0.3) is 0 Å². The van der Waals surface area contributed by atoms with Crippen molar-refractivity contribution in [2.45, 2.75) is 12.8 Å². The Kier molecular flexibility index (Phi) is 5.16. The molecule has 0 aliphatic rings. The molecule has 0 saturated heterocycles. The van der Waals surface area contributed by atoms with E-state index in [-0.39, 0.29) is 0 Å². The third-order valence-electron chi connectivity index (χ3n) is 3.24. The third kappa shape index (κ3) is 4.11. The summed E-state index contributed by atoms with van der Waals surface area (Å²) in [5.74, 6) is 0.362. The Labute approximate surface area is 119 Å². The van der Waals surface area contributed by atoms with Crippen molar-refractivity contribution in [3.63, 3.8) is 0 Å². The van der Waals surface area contributed by atoms with Crippen LogP contribution in [0.3, 0.4) is 0 Å². The molecule has 0 bridgehead atoms. The lowest BCUT2D eigenvalue weighted by molar-refractivity contribution is 0.467. The fourth-order valence-corrected chi connectivity index (χ4v) is 2.05. The topological polar surface area (TPSA) is 56.0 Å². The van der Waals surface area contributed by atoms with Crippen LogP contribution in [0.15, 0.2) is 48.5 Å². The number of nitriles is 1. The van der Waals surface area contributed by atoms with Crippen LogP contribution in [-0.4, -0.2) is 18.2 Å². The van der Waals surface area contributed by atoms with Crippen LogP contribution in [0.5, 0.6) is 5.75 Å². The van der Waals surface area contributed by atoms with Gasteiger partial charge in [-0.15, -0.1) is 0 Å². The van der Waals surface area contributed by atoms with E-state index >= 15 is 0 Å². The van der Waals surface area contributed by atoms with Gasteiger partial charge in [-0.2, -0.15) is 5.26 Å². The second-order valence-corrected chi connectivity index (χ2v) is 4.69. The van der Waals surface area contributed by atoms with Crippen molar-refractivity contribution < 1.29 is 5.11 Å². The summed E-state index contributed by atoms with van der Waals surface area (Å²) in [6.45, 7) is 1.73. The zero-order valence-electron chi connectivity index (χ0n) is 11.3. The number of para-hydroxylation sites is 1. The Balaban J connectivity index is 1.69. The van der Waals surface area contributed by atoms with E-state index in [9.17, 15) is 5.11 Å². The number of nitrogens with one attached hydrogen (secondary N) is 1. The summed E-state index contributed by atoms with van der Waals surface area (Å²) in [7, 11) is 0. The number of aromatic hydroxyl groups is 1. The van der Waals surface area contributed by atoms with Crippen LogP contribution in [0.1, 0.15) is 16.7 Å². The molecule has 0 heterocycles. The molecule has 0 aromatic heterocycles. The van der Waals surface area contributed by atoms with Gasteiger partial charge >= 0.3 is 0 Å². The fourth-order valence-electron chi connectivity index (χ4n) is 2.05. The number of phenols is 1. The number of rotatable bonds is 6. The molecule has 0 aliphatic carbocycles. The first-order chi connectivity index (χ1) is 9.79. The van der Waals surface area contributed by atoms with E-state index in [1.165, 1.54) is 5.56 Å². The summed E-state index contributed by atoms with van der Waals surface area (Å²) in [6.07, 6.45) is 1.76. The Morgan fingerprint density at radius 2 is 1.65 bits per heavy atom. The van der Waals surface area contributed by atoms with Crippen molar-refractivity contribution in [1.82, 2.24) is 5.32 Å². The van der Waals surface area contributed by atoms with Gasteiger partial charge in [-0.1, -0.05) is 30.3 Å². The molecular weight excluding hydrogens is 248 g/mol. The molecule has 20 heavy (non-hydrogen) atoms. The van der Waals surface area contributed by atoms with Crippen molar-refractivity contribution in [2.24, 2.45) is 0 Å². The van der Waals surface area contributed by atoms with Gasteiger partial charge < -0.3 is 10.4 Å². The lowest BCUT2D eigenvalue weighted by Gasteiger charge is -2.06. The van der Waals surface area contributed by atoms with Crippen molar-refractivity contribution in [3.8, 4) is 11.8 Å². The predicted molar refractivity (Wildman–Crippen MR) is 79.5 cm³/mol. The second-order valence-electron chi connectivity index (χ2n) is 4.69. The number of hydrogen-bond donors (Lipinski definition) is 2. The number of phenolic OH excluding ortho intramolecular Hbond substituents is 1. The molecule has 3 heteroatoms. The quantitative estimate of drug-likeness (QED) is 0.790. The normalized spacial score (nSPS) is 10.2. The summed E-state index contributed by atoms with van der Waals surface area (Å²) >= 11 is 0. The summed E-state index contributed by atoms with van der Waals surface area (Å²) in [4.78, 5) is 0. The first-order valence-corrected chi connectivity index (χ1v) is 6.76. The predicted octanol–water partition coefficient (Wildman–Crippen LogP) is 2.64. The lowest BCUT2D eigenvalue weighted by atomic mass is 10.1. The smallest absolute Gasteiger partial charge is 0.118 e. The van der Waals surface area contributed by atoms with Gasteiger partial charge in [-0.05, 0) is 55.3 Å². The van der Waals surface area contributed by atoms with E-state index in [1.54, 1.807) is 6.07 Å². The maximum atomic E-state index is 9.64. The minimum Gasteiger partial charge on any atom is -0.508 e. The molecule has 2 N–H and O–H groups in total. The summed E-state index contributed by atoms with van der Waals surface area (Å²) in [6, 6.07) is 17.2. The highest BCUT2D eigenvalue weighted by Gasteiger charge is 1.99. The average molecular weight is 266 g/mol. The van der Waals surface area contributed by atoms with Crippen molar-refractivity contribution in [3.05, 3.63) is 65.2 Å². The van der Waals surface area contributed by atoms with Gasteiger partial charge in [0.1, 0.15) is 5.75 Å². The van der Waals surface area contributed by atoms with E-state index < -0.39 is 0 Å². The SMILES string of the molecule is N#Cc1ccc(CCNCCc2ccccc2O)cc1. The van der Waals surface area contributed by atoms with E-state index in [2.05, 4.69) is 11.4 Å². The van der Waals surface area contributed by atoms with Gasteiger partial charge in [0.05, 0.1) is 11.6 Å². The van der Waals surface area contributed by atoms with Gasteiger partial charge in [0.2, 0.25) is 0 Å². The second kappa shape index (κ2) is 7.32. The molecule has 3 nitrogen and oxygen atoms in total. The molecule has 0 saturated carbocycles. The molecule has 0 atom stereocenters. The summed E-state index contributed by atoms with van der Waals surface area (Å²) in [5, 5.41) is 21.7. The first-order valence-electron chi connectivity index (χ1n) is 6.76. The minimum atomic E-state index is 0.362. The van der Waals surface area contributed by atoms with E-state index in [0.29, 0.717) is 11.3 Å². The molecule has 102 valence electrons. The summed E-state index contributed by atoms with van der Waals surface area (Å²) < 4.78 is 0. The van der Waals surface area contributed by atoms with E-state index in [4.69, 9.17) is 5.26 Å². The average Bonchev–Trinajstić information content (AvgIpc) is 2.49. The van der Waals surface area contributed by atoms with E-state index in [0.717, 1.165) is 31.5 Å². The zero-order valence-corrected chi connectivity index (χ0v) is 11.3. The van der Waals surface area contributed by atoms with Crippen LogP contribution in [-0.2, 0) is 12.8 Å². The standard InChI is InChI=1S/C17H18N2O/c18-13-15-7-5-14(6-8-15)9-11-19-12-10-16-3-1-2-4-17(16)20/h1-8,19-20H,9-12H2. The number of benzene rings is 2. The molecule has 0 unspecified atom stereocenters. The zero-order chi connectivity index (χ0) is 14.2. The lowest BCUT2D eigenvalue weighted by Crippen LogP contribution is -2.20. The highest BCUT2D eigenvalue weighted by atomic mass is 16.3. The van der Waals surface area contributed by atoms with Gasteiger partial charge in [0.15, 0.2) is 0 Å². The van der Waals surface area contributed by atoms with Crippen LogP contribution in [0.2, 0.25) is 0 Å². The molecule has 0 radical (unpaired) electrons. The maximum absolute atomic E-state index is 9.64. The Morgan fingerprint density at radius 1 is 0.950 bits per heavy atom. The Morgan fingerprint density at radius 3 is 2.35 bits per heavy atom. The van der Waals surface area contributed by atoms with Crippen LogP contribution in [0.4, 0.5) is 0 Å². The molecule has 2 aromatic rings. The number of hydrogen-bond acceptors (Lipinski definition) is 3. The maximum Gasteiger partial charge on any atom is 0.118 e. The van der Waals surface area contributed by atoms with Crippen molar-refractivity contribution in [1.29, 1.82) is 5.26 Å². The minimum absolute atomic E-state index is 0.362. The van der Waals surface area contributed by atoms with E-state index in [1.807, 2.05) is 42.5 Å². The Hall–Kier alpha value is -2.31. The molecular formula is C17H18N2O. The first kappa shape index (κ1) is 14.1. The largest absolute Gasteiger partial charge is 0.508 e. The molecule has 2 rings (SSSR count). The molecule has 0 aliphatic heterocycles. The summed E-state index contributed by atoms with van der Waals surface area (Å²) in [5.41, 5.74) is 2.89. The molecule has 0 amide bonds. The van der Waals surface area contributed by atoms with Gasteiger partial charge in [-0.3, -0.25) is 0 Å². The monoisotopic (exact) mass is 266 g/mol. The molecule has 0 spiro atoms. The Bertz CT molecular complexity index is 585. The number of nitrogens with zero attached hydrogens (tertiary/aromatic N) is 1. The van der Waals surface area contributed by atoms with Crippen molar-refractivity contribution >= 4 is 0 Å². The van der Waals surface area contributed by atoms with Crippen LogP contribution < -0.4 is 5.32 Å². The fraction of sp³-hybridized carbons (Fsp3) is 0.235. The third-order valence-corrected chi connectivity index (χ3v) is 3.24. The van der Waals surface area contributed by atoms with Crippen molar-refractivity contribution in [2.75, 3.05) is 13.1 Å². The highest BCUT2D eigenvalue weighted by Crippen LogP contribution is 2.15. The molecule has 2 aromatic carbocycles. The highest BCUT2D eigenvalue weighted by molar-refractivity contribution is 5.32. The van der Waals surface area contributed by atoms with Gasteiger partial charge in [0, 0.05) is 0 Å². The van der Waals surface area contributed by atoms with Gasteiger partial charge in [-0.25, -0.2) is 0 Å².